The molecular weight excluding hydrogens is 292 g/mol. The van der Waals surface area contributed by atoms with Gasteiger partial charge in [-0.15, -0.1) is 0 Å². The first-order valence-electron chi connectivity index (χ1n) is 7.49. The molecule has 3 rings (SSSR count). The number of ether oxygens (including phenoxy) is 3. The Labute approximate surface area is 135 Å². The zero-order valence-corrected chi connectivity index (χ0v) is 13.0. The van der Waals surface area contributed by atoms with Crippen LogP contribution in [0.1, 0.15) is 11.1 Å². The zero-order chi connectivity index (χ0) is 16.1. The zero-order valence-electron chi connectivity index (χ0n) is 13.0. The van der Waals surface area contributed by atoms with Gasteiger partial charge in [0.15, 0.2) is 0 Å². The van der Waals surface area contributed by atoms with E-state index in [9.17, 15) is 4.79 Å². The first kappa shape index (κ1) is 15.2. The molecule has 0 aromatic heterocycles. The van der Waals surface area contributed by atoms with Crippen molar-refractivity contribution in [3.63, 3.8) is 0 Å². The first-order valence-corrected chi connectivity index (χ1v) is 7.49. The summed E-state index contributed by atoms with van der Waals surface area (Å²) in [6, 6.07) is 15.4. The van der Waals surface area contributed by atoms with E-state index in [0.717, 1.165) is 22.6 Å². The number of benzene rings is 2. The number of rotatable bonds is 5. The van der Waals surface area contributed by atoms with Gasteiger partial charge in [-0.05, 0) is 29.8 Å². The van der Waals surface area contributed by atoms with E-state index >= 15 is 0 Å². The molecule has 0 amide bonds. The molecule has 4 nitrogen and oxygen atoms in total. The number of methoxy groups -OCH3 is 1. The third kappa shape index (κ3) is 3.72. The van der Waals surface area contributed by atoms with Crippen LogP contribution in [0.4, 0.5) is 0 Å². The van der Waals surface area contributed by atoms with E-state index in [1.807, 2.05) is 48.5 Å². The van der Waals surface area contributed by atoms with E-state index in [0.29, 0.717) is 18.6 Å². The van der Waals surface area contributed by atoms with Crippen molar-refractivity contribution in [1.82, 2.24) is 0 Å². The van der Waals surface area contributed by atoms with Crippen molar-refractivity contribution in [2.45, 2.75) is 6.42 Å². The van der Waals surface area contributed by atoms with Gasteiger partial charge in [0.05, 0.1) is 19.3 Å². The molecule has 0 aliphatic carbocycles. The van der Waals surface area contributed by atoms with Gasteiger partial charge >= 0.3 is 5.97 Å². The highest BCUT2D eigenvalue weighted by Crippen LogP contribution is 2.30. The minimum Gasteiger partial charge on any atom is -0.497 e. The van der Waals surface area contributed by atoms with Gasteiger partial charge < -0.3 is 14.2 Å². The summed E-state index contributed by atoms with van der Waals surface area (Å²) >= 11 is 0. The summed E-state index contributed by atoms with van der Waals surface area (Å²) in [4.78, 5) is 12.2. The number of fused-ring (bicyclic) bond motifs is 1. The molecule has 0 fully saturated rings. The van der Waals surface area contributed by atoms with Crippen LogP contribution in [0, 0.1) is 0 Å². The molecule has 2 aromatic carbocycles. The van der Waals surface area contributed by atoms with Gasteiger partial charge in [-0.2, -0.15) is 0 Å². The van der Waals surface area contributed by atoms with Crippen molar-refractivity contribution in [2.24, 2.45) is 0 Å². The maximum Gasteiger partial charge on any atom is 0.337 e. The Bertz CT molecular complexity index is 719. The fourth-order valence-electron chi connectivity index (χ4n) is 2.40. The summed E-state index contributed by atoms with van der Waals surface area (Å²) in [5, 5.41) is 0. The van der Waals surface area contributed by atoms with E-state index in [-0.39, 0.29) is 12.6 Å². The van der Waals surface area contributed by atoms with E-state index in [1.165, 1.54) is 0 Å². The average Bonchev–Trinajstić information content (AvgIpc) is 2.61. The largest absolute Gasteiger partial charge is 0.497 e. The van der Waals surface area contributed by atoms with Gasteiger partial charge in [-0.1, -0.05) is 30.3 Å². The third-order valence-corrected chi connectivity index (χ3v) is 3.66. The molecule has 0 saturated carbocycles. The summed E-state index contributed by atoms with van der Waals surface area (Å²) in [7, 11) is 1.61. The summed E-state index contributed by atoms with van der Waals surface area (Å²) in [6.07, 6.45) is 2.50. The molecule has 0 N–H and O–H groups in total. The van der Waals surface area contributed by atoms with Gasteiger partial charge in [0.25, 0.3) is 0 Å². The number of carbonyl (C=O) groups is 1. The highest BCUT2D eigenvalue weighted by atomic mass is 16.5. The lowest BCUT2D eigenvalue weighted by molar-refractivity contribution is -0.139. The smallest absolute Gasteiger partial charge is 0.337 e. The minimum absolute atomic E-state index is 0.226. The van der Waals surface area contributed by atoms with E-state index in [2.05, 4.69) is 0 Å². The van der Waals surface area contributed by atoms with E-state index < -0.39 is 0 Å². The number of esters is 1. The Morgan fingerprint density at radius 2 is 2.00 bits per heavy atom. The number of carbonyl (C=O) groups excluding carboxylic acids is 1. The first-order chi connectivity index (χ1) is 11.3. The summed E-state index contributed by atoms with van der Waals surface area (Å²) < 4.78 is 16.1. The second-order valence-corrected chi connectivity index (χ2v) is 5.23. The minimum atomic E-state index is -0.339. The Morgan fingerprint density at radius 1 is 1.17 bits per heavy atom. The summed E-state index contributed by atoms with van der Waals surface area (Å²) in [6.45, 7) is 0.578. The molecule has 1 aliphatic rings. The van der Waals surface area contributed by atoms with E-state index in [4.69, 9.17) is 14.2 Å². The van der Waals surface area contributed by atoms with Gasteiger partial charge in [0, 0.05) is 12.0 Å². The molecular formula is C19H18O4. The second kappa shape index (κ2) is 7.01. The molecule has 1 aliphatic heterocycles. The van der Waals surface area contributed by atoms with Crippen LogP contribution in [0.3, 0.4) is 0 Å². The Hall–Kier alpha value is -2.75. The molecule has 118 valence electrons. The molecule has 1 heterocycles. The van der Waals surface area contributed by atoms with Crippen LogP contribution in [0.15, 0.2) is 54.1 Å². The van der Waals surface area contributed by atoms with Gasteiger partial charge in [-0.25, -0.2) is 4.79 Å². The van der Waals surface area contributed by atoms with E-state index in [1.54, 1.807) is 13.2 Å². The molecule has 0 saturated heterocycles. The molecule has 4 heteroatoms. The SMILES string of the molecule is COc1ccc2c(c1)C=C(C(=O)OCCc1ccccc1)CO2. The standard InChI is InChI=1S/C19H18O4/c1-21-17-7-8-18-15(12-17)11-16(13-23-18)19(20)22-10-9-14-5-3-2-4-6-14/h2-8,11-12H,9-10,13H2,1H3. The molecule has 0 unspecified atom stereocenters. The fourth-order valence-corrected chi connectivity index (χ4v) is 2.40. The van der Waals surface area contributed by atoms with Gasteiger partial charge in [-0.3, -0.25) is 0 Å². The summed E-state index contributed by atoms with van der Waals surface area (Å²) in [5.74, 6) is 1.13. The molecule has 0 radical (unpaired) electrons. The maximum absolute atomic E-state index is 12.2. The van der Waals surface area contributed by atoms with Gasteiger partial charge in [0.2, 0.25) is 0 Å². The Balaban J connectivity index is 1.62. The van der Waals surface area contributed by atoms with Crippen LogP contribution in [0.5, 0.6) is 11.5 Å². The van der Waals surface area contributed by atoms with Crippen molar-refractivity contribution in [3.05, 3.63) is 65.2 Å². The monoisotopic (exact) mass is 310 g/mol. The highest BCUT2D eigenvalue weighted by Gasteiger charge is 2.18. The fraction of sp³-hybridized carbons (Fsp3) is 0.211. The van der Waals surface area contributed by atoms with Crippen molar-refractivity contribution in [2.75, 3.05) is 20.3 Å². The third-order valence-electron chi connectivity index (χ3n) is 3.66. The normalized spacial score (nSPS) is 12.7. The molecule has 0 spiro atoms. The quantitative estimate of drug-likeness (QED) is 0.795. The molecule has 2 aromatic rings. The average molecular weight is 310 g/mol. The molecule has 0 atom stereocenters. The Morgan fingerprint density at radius 3 is 2.78 bits per heavy atom. The lowest BCUT2D eigenvalue weighted by atomic mass is 10.1. The summed E-state index contributed by atoms with van der Waals surface area (Å²) in [5.41, 5.74) is 2.48. The maximum atomic E-state index is 12.2. The van der Waals surface area contributed by atoms with Crippen LogP contribution in [-0.2, 0) is 16.0 Å². The topological polar surface area (TPSA) is 44.8 Å². The van der Waals surface area contributed by atoms with Crippen molar-refractivity contribution >= 4 is 12.0 Å². The second-order valence-electron chi connectivity index (χ2n) is 5.23. The predicted molar refractivity (Wildman–Crippen MR) is 87.6 cm³/mol. The lowest BCUT2D eigenvalue weighted by Crippen LogP contribution is -2.18. The number of hydrogen-bond acceptors (Lipinski definition) is 4. The van der Waals surface area contributed by atoms with Crippen LogP contribution >= 0.6 is 0 Å². The highest BCUT2D eigenvalue weighted by molar-refractivity contribution is 5.95. The van der Waals surface area contributed by atoms with Crippen LogP contribution < -0.4 is 9.47 Å². The predicted octanol–water partition coefficient (Wildman–Crippen LogP) is 3.26. The van der Waals surface area contributed by atoms with Crippen molar-refractivity contribution < 1.29 is 19.0 Å². The number of hydrogen-bond donors (Lipinski definition) is 0. The molecule has 23 heavy (non-hydrogen) atoms. The lowest BCUT2D eigenvalue weighted by Gasteiger charge is -2.17. The van der Waals surface area contributed by atoms with Crippen LogP contribution in [0.25, 0.3) is 6.08 Å². The van der Waals surface area contributed by atoms with Crippen molar-refractivity contribution in [1.29, 1.82) is 0 Å². The van der Waals surface area contributed by atoms with Crippen molar-refractivity contribution in [3.8, 4) is 11.5 Å². The van der Waals surface area contributed by atoms with Gasteiger partial charge in [0.1, 0.15) is 18.1 Å². The van der Waals surface area contributed by atoms with Crippen LogP contribution in [0.2, 0.25) is 0 Å². The Kier molecular flexibility index (Phi) is 4.62. The van der Waals surface area contributed by atoms with Crippen LogP contribution in [-0.4, -0.2) is 26.3 Å². The molecule has 0 bridgehead atoms.